The van der Waals surface area contributed by atoms with Crippen LogP contribution in [0.3, 0.4) is 0 Å². The summed E-state index contributed by atoms with van der Waals surface area (Å²) < 4.78 is 12.2. The van der Waals surface area contributed by atoms with E-state index in [0.717, 1.165) is 12.4 Å². The molecule has 1 saturated carbocycles. The highest BCUT2D eigenvalue weighted by molar-refractivity contribution is 5.30. The SMILES string of the molecule is CCCCCCOC1CCC(c2ccc(OC(C)(C)CC(C)(C)O)cc2)CC1. The first-order chi connectivity index (χ1) is 13.2. The van der Waals surface area contributed by atoms with E-state index < -0.39 is 11.2 Å². The van der Waals surface area contributed by atoms with Crippen molar-refractivity contribution >= 4 is 0 Å². The molecule has 160 valence electrons. The Morgan fingerprint density at radius 3 is 2.14 bits per heavy atom. The number of unbranched alkanes of at least 4 members (excludes halogenated alkanes) is 3. The molecule has 0 saturated heterocycles. The molecule has 0 heterocycles. The highest BCUT2D eigenvalue weighted by Gasteiger charge is 2.29. The first-order valence-electron chi connectivity index (χ1n) is 11.3. The van der Waals surface area contributed by atoms with Crippen molar-refractivity contribution in [3.05, 3.63) is 29.8 Å². The van der Waals surface area contributed by atoms with E-state index in [1.165, 1.54) is 56.9 Å². The summed E-state index contributed by atoms with van der Waals surface area (Å²) in [5.41, 5.74) is 0.279. The average molecular weight is 391 g/mol. The Bertz CT molecular complexity index is 548. The van der Waals surface area contributed by atoms with Crippen LogP contribution in [0.5, 0.6) is 5.75 Å². The molecule has 0 aliphatic heterocycles. The molecule has 0 radical (unpaired) electrons. The topological polar surface area (TPSA) is 38.7 Å². The minimum Gasteiger partial charge on any atom is -0.488 e. The van der Waals surface area contributed by atoms with Gasteiger partial charge in [-0.1, -0.05) is 38.3 Å². The molecule has 1 N–H and O–H groups in total. The molecule has 28 heavy (non-hydrogen) atoms. The lowest BCUT2D eigenvalue weighted by Crippen LogP contribution is -2.37. The molecule has 0 bridgehead atoms. The zero-order valence-corrected chi connectivity index (χ0v) is 18.8. The summed E-state index contributed by atoms with van der Waals surface area (Å²) in [5, 5.41) is 10.1. The van der Waals surface area contributed by atoms with Crippen LogP contribution in [-0.4, -0.2) is 29.0 Å². The first kappa shape index (κ1) is 23.2. The van der Waals surface area contributed by atoms with Crippen molar-refractivity contribution in [1.29, 1.82) is 0 Å². The fourth-order valence-electron chi connectivity index (χ4n) is 4.55. The molecular weight excluding hydrogens is 348 g/mol. The number of ether oxygens (including phenoxy) is 2. The lowest BCUT2D eigenvalue weighted by molar-refractivity contribution is -0.0106. The summed E-state index contributed by atoms with van der Waals surface area (Å²) >= 11 is 0. The van der Waals surface area contributed by atoms with Crippen molar-refractivity contribution in [2.45, 2.75) is 116 Å². The second-order valence-electron chi connectivity index (χ2n) is 9.83. The van der Waals surface area contributed by atoms with Crippen molar-refractivity contribution in [1.82, 2.24) is 0 Å². The van der Waals surface area contributed by atoms with Gasteiger partial charge < -0.3 is 14.6 Å². The number of rotatable bonds is 11. The molecule has 1 fully saturated rings. The molecule has 0 spiro atoms. The van der Waals surface area contributed by atoms with E-state index in [9.17, 15) is 5.11 Å². The monoisotopic (exact) mass is 390 g/mol. The zero-order valence-electron chi connectivity index (χ0n) is 18.8. The third-order valence-corrected chi connectivity index (χ3v) is 5.63. The normalized spacial score (nSPS) is 20.9. The van der Waals surface area contributed by atoms with E-state index in [4.69, 9.17) is 9.47 Å². The summed E-state index contributed by atoms with van der Waals surface area (Å²) in [6, 6.07) is 8.59. The molecule has 0 aromatic heterocycles. The fraction of sp³-hybridized carbons (Fsp3) is 0.760. The van der Waals surface area contributed by atoms with Gasteiger partial charge in [0.25, 0.3) is 0 Å². The van der Waals surface area contributed by atoms with Gasteiger partial charge in [0.1, 0.15) is 11.4 Å². The largest absolute Gasteiger partial charge is 0.488 e. The Kier molecular flexibility index (Phi) is 8.82. The molecule has 1 aliphatic carbocycles. The zero-order chi connectivity index (χ0) is 20.6. The van der Waals surface area contributed by atoms with Gasteiger partial charge in [0, 0.05) is 13.0 Å². The van der Waals surface area contributed by atoms with Gasteiger partial charge in [-0.05, 0) is 83.4 Å². The Labute approximate surface area is 172 Å². The molecule has 1 aromatic carbocycles. The summed E-state index contributed by atoms with van der Waals surface area (Å²) in [7, 11) is 0. The molecule has 0 amide bonds. The van der Waals surface area contributed by atoms with Gasteiger partial charge in [-0.25, -0.2) is 0 Å². The maximum Gasteiger partial charge on any atom is 0.120 e. The van der Waals surface area contributed by atoms with Gasteiger partial charge in [-0.15, -0.1) is 0 Å². The molecule has 2 rings (SSSR count). The quantitative estimate of drug-likeness (QED) is 0.431. The molecular formula is C25H42O3. The summed E-state index contributed by atoms with van der Waals surface area (Å²) in [6.45, 7) is 10.9. The Hall–Kier alpha value is -1.06. The standard InChI is InChI=1S/C25H42O3/c1-6-7-8-9-18-27-22-14-10-20(11-15-22)21-12-16-23(17-13-21)28-25(4,5)19-24(2,3)26/h12-13,16-17,20,22,26H,6-11,14-15,18-19H2,1-5H3. The van der Waals surface area contributed by atoms with E-state index in [2.05, 4.69) is 31.2 Å². The molecule has 3 heteroatoms. The maximum absolute atomic E-state index is 10.1. The van der Waals surface area contributed by atoms with Crippen LogP contribution in [0.15, 0.2) is 24.3 Å². The molecule has 1 aromatic rings. The molecule has 0 atom stereocenters. The van der Waals surface area contributed by atoms with Crippen molar-refractivity contribution < 1.29 is 14.6 Å². The molecule has 3 nitrogen and oxygen atoms in total. The van der Waals surface area contributed by atoms with Crippen LogP contribution in [0.2, 0.25) is 0 Å². The van der Waals surface area contributed by atoms with Crippen molar-refractivity contribution in [3.63, 3.8) is 0 Å². The van der Waals surface area contributed by atoms with Gasteiger partial charge in [0.2, 0.25) is 0 Å². The second kappa shape index (κ2) is 10.6. The predicted molar refractivity (Wildman–Crippen MR) is 117 cm³/mol. The Balaban J connectivity index is 1.77. The predicted octanol–water partition coefficient (Wildman–Crippen LogP) is 6.63. The van der Waals surface area contributed by atoms with E-state index in [1.807, 2.05) is 27.7 Å². The van der Waals surface area contributed by atoms with Crippen molar-refractivity contribution in [2.75, 3.05) is 6.61 Å². The molecule has 0 unspecified atom stereocenters. The van der Waals surface area contributed by atoms with Crippen molar-refractivity contribution in [3.8, 4) is 5.75 Å². The van der Waals surface area contributed by atoms with E-state index in [-0.39, 0.29) is 0 Å². The fourth-order valence-corrected chi connectivity index (χ4v) is 4.55. The highest BCUT2D eigenvalue weighted by Crippen LogP contribution is 2.35. The van der Waals surface area contributed by atoms with Crippen molar-refractivity contribution in [2.24, 2.45) is 0 Å². The third kappa shape index (κ3) is 8.53. The smallest absolute Gasteiger partial charge is 0.120 e. The number of hydrogen-bond acceptors (Lipinski definition) is 3. The van der Waals surface area contributed by atoms with Gasteiger partial charge in [-0.2, -0.15) is 0 Å². The summed E-state index contributed by atoms with van der Waals surface area (Å²) in [6.07, 6.45) is 10.9. The van der Waals surface area contributed by atoms with Crippen LogP contribution in [-0.2, 0) is 4.74 Å². The lowest BCUT2D eigenvalue weighted by Gasteiger charge is -2.32. The number of hydrogen-bond donors (Lipinski definition) is 1. The van der Waals surface area contributed by atoms with Crippen LogP contribution in [0.4, 0.5) is 0 Å². The van der Waals surface area contributed by atoms with E-state index in [0.29, 0.717) is 18.4 Å². The van der Waals surface area contributed by atoms with Crippen LogP contribution in [0.25, 0.3) is 0 Å². The van der Waals surface area contributed by atoms with Crippen LogP contribution >= 0.6 is 0 Å². The first-order valence-corrected chi connectivity index (χ1v) is 11.3. The number of aliphatic hydroxyl groups is 1. The van der Waals surface area contributed by atoms with Gasteiger partial charge >= 0.3 is 0 Å². The molecule has 1 aliphatic rings. The Morgan fingerprint density at radius 1 is 0.929 bits per heavy atom. The summed E-state index contributed by atoms with van der Waals surface area (Å²) in [4.78, 5) is 0. The Morgan fingerprint density at radius 2 is 1.57 bits per heavy atom. The second-order valence-corrected chi connectivity index (χ2v) is 9.83. The van der Waals surface area contributed by atoms with Gasteiger partial charge in [0.15, 0.2) is 0 Å². The van der Waals surface area contributed by atoms with Crippen LogP contribution in [0.1, 0.15) is 104 Å². The van der Waals surface area contributed by atoms with Crippen LogP contribution in [0, 0.1) is 0 Å². The number of benzene rings is 1. The maximum atomic E-state index is 10.1. The third-order valence-electron chi connectivity index (χ3n) is 5.63. The lowest BCUT2D eigenvalue weighted by atomic mass is 9.82. The van der Waals surface area contributed by atoms with Gasteiger partial charge in [0.05, 0.1) is 11.7 Å². The average Bonchev–Trinajstić information content (AvgIpc) is 2.60. The highest BCUT2D eigenvalue weighted by atomic mass is 16.5. The van der Waals surface area contributed by atoms with E-state index in [1.54, 1.807) is 0 Å². The minimum absolute atomic E-state index is 0.397. The summed E-state index contributed by atoms with van der Waals surface area (Å²) in [5.74, 6) is 1.51. The minimum atomic E-state index is -0.736. The van der Waals surface area contributed by atoms with Gasteiger partial charge in [-0.3, -0.25) is 0 Å². The van der Waals surface area contributed by atoms with Crippen LogP contribution < -0.4 is 4.74 Å². The van der Waals surface area contributed by atoms with E-state index >= 15 is 0 Å².